The highest BCUT2D eigenvalue weighted by Gasteiger charge is 2.23. The van der Waals surface area contributed by atoms with E-state index in [4.69, 9.17) is 4.74 Å². The van der Waals surface area contributed by atoms with Crippen molar-refractivity contribution < 1.29 is 13.9 Å². The number of methoxy groups -OCH3 is 1. The predicted octanol–water partition coefficient (Wildman–Crippen LogP) is 1.60. The Morgan fingerprint density at radius 3 is 3.15 bits per heavy atom. The van der Waals surface area contributed by atoms with E-state index >= 15 is 0 Å². The molecule has 2 atom stereocenters. The molecule has 2 rings (SSSR count). The lowest BCUT2D eigenvalue weighted by Gasteiger charge is -2.11. The van der Waals surface area contributed by atoms with Gasteiger partial charge in [0.05, 0.1) is 12.9 Å². The zero-order chi connectivity index (χ0) is 14.4. The molecule has 0 bridgehead atoms. The van der Waals surface area contributed by atoms with Crippen LogP contribution in [-0.2, 0) is 4.79 Å². The molecule has 1 aromatic carbocycles. The fourth-order valence-electron chi connectivity index (χ4n) is 2.05. The molecule has 2 N–H and O–H groups in total. The Bertz CT molecular complexity index is 459. The normalized spacial score (nSPS) is 21.7. The van der Waals surface area contributed by atoms with Gasteiger partial charge >= 0.3 is 0 Å². The van der Waals surface area contributed by atoms with Crippen LogP contribution in [0.25, 0.3) is 0 Å². The molecule has 6 heteroatoms. The summed E-state index contributed by atoms with van der Waals surface area (Å²) in [6, 6.07) is 7.64. The number of thioether (sulfide) groups is 1. The van der Waals surface area contributed by atoms with Gasteiger partial charge in [-0.15, -0.1) is 11.8 Å². The zero-order valence-corrected chi connectivity index (χ0v) is 12.2. The van der Waals surface area contributed by atoms with Crippen LogP contribution in [0, 0.1) is 0 Å². The first-order chi connectivity index (χ1) is 9.67. The van der Waals surface area contributed by atoms with E-state index in [0.29, 0.717) is 25.3 Å². The molecule has 0 unspecified atom stereocenters. The van der Waals surface area contributed by atoms with Gasteiger partial charge in [-0.25, -0.2) is 4.39 Å². The number of benzene rings is 1. The Kier molecular flexibility index (Phi) is 5.67. The number of nitrogens with one attached hydrogen (secondary N) is 2. The lowest BCUT2D eigenvalue weighted by Crippen LogP contribution is -2.37. The third kappa shape index (κ3) is 4.68. The number of carbonyl (C=O) groups is 1. The van der Waals surface area contributed by atoms with Crippen LogP contribution in [-0.4, -0.2) is 44.1 Å². The second kappa shape index (κ2) is 7.50. The fourth-order valence-corrected chi connectivity index (χ4v) is 2.83. The van der Waals surface area contributed by atoms with Crippen molar-refractivity contribution in [2.45, 2.75) is 23.5 Å². The van der Waals surface area contributed by atoms with Gasteiger partial charge in [-0.05, 0) is 24.6 Å². The van der Waals surface area contributed by atoms with E-state index in [0.717, 1.165) is 10.6 Å². The molecule has 0 radical (unpaired) electrons. The number of rotatable bonds is 6. The Balaban J connectivity index is 1.69. The third-order valence-electron chi connectivity index (χ3n) is 3.13. The lowest BCUT2D eigenvalue weighted by molar-refractivity contribution is -0.118. The van der Waals surface area contributed by atoms with Gasteiger partial charge in [0.15, 0.2) is 0 Å². The van der Waals surface area contributed by atoms with E-state index < -0.39 is 6.17 Å². The predicted molar refractivity (Wildman–Crippen MR) is 78.0 cm³/mol. The van der Waals surface area contributed by atoms with Gasteiger partial charge in [-0.2, -0.15) is 0 Å². The van der Waals surface area contributed by atoms with Crippen LogP contribution in [0.2, 0.25) is 0 Å². The molecular weight excluding hydrogens is 279 g/mol. The molecule has 20 heavy (non-hydrogen) atoms. The lowest BCUT2D eigenvalue weighted by atomic mass is 10.2. The number of ether oxygens (including phenoxy) is 1. The Morgan fingerprint density at radius 1 is 1.60 bits per heavy atom. The van der Waals surface area contributed by atoms with E-state index in [1.54, 1.807) is 7.11 Å². The standard InChI is InChI=1S/C14H19FN2O2S/c1-19-12-3-2-4-13(6-12)20-9-14(18)17-8-11-5-10(15)7-16-11/h2-4,6,10-11,16H,5,7-9H2,1H3,(H,17,18)/t10-,11-/m0/s1. The third-order valence-corrected chi connectivity index (χ3v) is 4.12. The molecule has 0 saturated carbocycles. The van der Waals surface area contributed by atoms with Crippen molar-refractivity contribution >= 4 is 17.7 Å². The SMILES string of the molecule is COc1cccc(SCC(=O)NC[C@@H]2C[C@H](F)CN2)c1. The average molecular weight is 298 g/mol. The minimum atomic E-state index is -0.789. The maximum Gasteiger partial charge on any atom is 0.230 e. The van der Waals surface area contributed by atoms with E-state index in [9.17, 15) is 9.18 Å². The number of halogens is 1. The summed E-state index contributed by atoms with van der Waals surface area (Å²) < 4.78 is 18.1. The van der Waals surface area contributed by atoms with Crippen molar-refractivity contribution in [2.75, 3.05) is 26.0 Å². The monoisotopic (exact) mass is 298 g/mol. The Hall–Kier alpha value is -1.27. The van der Waals surface area contributed by atoms with Crippen LogP contribution in [0.1, 0.15) is 6.42 Å². The van der Waals surface area contributed by atoms with Crippen molar-refractivity contribution in [3.8, 4) is 5.75 Å². The molecular formula is C14H19FN2O2S. The van der Waals surface area contributed by atoms with Crippen LogP contribution in [0.15, 0.2) is 29.2 Å². The van der Waals surface area contributed by atoms with Gasteiger partial charge in [0.25, 0.3) is 0 Å². The quantitative estimate of drug-likeness (QED) is 0.783. The van der Waals surface area contributed by atoms with Gasteiger partial charge in [-0.1, -0.05) is 6.07 Å². The van der Waals surface area contributed by atoms with Gasteiger partial charge in [0.1, 0.15) is 11.9 Å². The molecule has 1 fully saturated rings. The molecule has 1 aromatic rings. The van der Waals surface area contributed by atoms with Crippen LogP contribution in [0.5, 0.6) is 5.75 Å². The average Bonchev–Trinajstić information content (AvgIpc) is 2.89. The van der Waals surface area contributed by atoms with Crippen molar-refractivity contribution in [3.63, 3.8) is 0 Å². The van der Waals surface area contributed by atoms with Crippen molar-refractivity contribution in [3.05, 3.63) is 24.3 Å². The number of hydrogen-bond donors (Lipinski definition) is 2. The second-order valence-corrected chi connectivity index (χ2v) is 5.76. The molecule has 0 aromatic heterocycles. The number of hydrogen-bond acceptors (Lipinski definition) is 4. The second-order valence-electron chi connectivity index (χ2n) is 4.71. The van der Waals surface area contributed by atoms with E-state index in [2.05, 4.69) is 10.6 Å². The number of amides is 1. The maximum absolute atomic E-state index is 12.9. The highest BCUT2D eigenvalue weighted by Crippen LogP contribution is 2.22. The first kappa shape index (κ1) is 15.1. The van der Waals surface area contributed by atoms with Gasteiger partial charge in [-0.3, -0.25) is 4.79 Å². The van der Waals surface area contributed by atoms with Gasteiger partial charge < -0.3 is 15.4 Å². The van der Waals surface area contributed by atoms with E-state index in [-0.39, 0.29) is 11.9 Å². The summed E-state index contributed by atoms with van der Waals surface area (Å²) in [4.78, 5) is 12.7. The molecule has 1 amide bonds. The zero-order valence-electron chi connectivity index (χ0n) is 11.4. The molecule has 1 heterocycles. The summed E-state index contributed by atoms with van der Waals surface area (Å²) in [7, 11) is 1.61. The molecule has 1 aliphatic rings. The fraction of sp³-hybridized carbons (Fsp3) is 0.500. The van der Waals surface area contributed by atoms with Gasteiger partial charge in [0.2, 0.25) is 5.91 Å². The Labute approximate surface area is 122 Å². The maximum atomic E-state index is 12.9. The summed E-state index contributed by atoms with van der Waals surface area (Å²) in [6.07, 6.45) is -0.313. The van der Waals surface area contributed by atoms with Crippen LogP contribution in [0.3, 0.4) is 0 Å². The van der Waals surface area contributed by atoms with Crippen molar-refractivity contribution in [1.82, 2.24) is 10.6 Å². The van der Waals surface area contributed by atoms with Gasteiger partial charge in [0, 0.05) is 24.0 Å². The van der Waals surface area contributed by atoms with Crippen molar-refractivity contribution in [1.29, 1.82) is 0 Å². The highest BCUT2D eigenvalue weighted by molar-refractivity contribution is 8.00. The minimum absolute atomic E-state index is 0.0399. The molecule has 4 nitrogen and oxygen atoms in total. The summed E-state index contributed by atoms with van der Waals surface area (Å²) in [5, 5.41) is 5.86. The van der Waals surface area contributed by atoms with Crippen LogP contribution >= 0.6 is 11.8 Å². The van der Waals surface area contributed by atoms with E-state index in [1.807, 2.05) is 24.3 Å². The smallest absolute Gasteiger partial charge is 0.230 e. The minimum Gasteiger partial charge on any atom is -0.497 e. The molecule has 110 valence electrons. The Morgan fingerprint density at radius 2 is 2.45 bits per heavy atom. The topological polar surface area (TPSA) is 50.4 Å². The molecule has 1 saturated heterocycles. The number of carbonyl (C=O) groups excluding carboxylic acids is 1. The van der Waals surface area contributed by atoms with Crippen LogP contribution in [0.4, 0.5) is 4.39 Å². The summed E-state index contributed by atoms with van der Waals surface area (Å²) in [5.74, 6) is 1.08. The van der Waals surface area contributed by atoms with Crippen LogP contribution < -0.4 is 15.4 Å². The number of alkyl halides is 1. The molecule has 0 aliphatic carbocycles. The van der Waals surface area contributed by atoms with Crippen molar-refractivity contribution in [2.24, 2.45) is 0 Å². The largest absolute Gasteiger partial charge is 0.497 e. The summed E-state index contributed by atoms with van der Waals surface area (Å²) in [6.45, 7) is 0.872. The first-order valence-electron chi connectivity index (χ1n) is 6.58. The highest BCUT2D eigenvalue weighted by atomic mass is 32.2. The summed E-state index contributed by atoms with van der Waals surface area (Å²) >= 11 is 1.45. The van der Waals surface area contributed by atoms with E-state index in [1.165, 1.54) is 11.8 Å². The first-order valence-corrected chi connectivity index (χ1v) is 7.57. The summed E-state index contributed by atoms with van der Waals surface area (Å²) in [5.41, 5.74) is 0. The molecule has 1 aliphatic heterocycles. The molecule has 0 spiro atoms.